The van der Waals surface area contributed by atoms with Crippen molar-refractivity contribution in [2.75, 3.05) is 13.2 Å². The van der Waals surface area contributed by atoms with Crippen LogP contribution in [0.25, 0.3) is 21.5 Å². The Morgan fingerprint density at radius 2 is 2.13 bits per heavy atom. The second kappa shape index (κ2) is 7.77. The summed E-state index contributed by atoms with van der Waals surface area (Å²) in [4.78, 5) is 33.7. The van der Waals surface area contributed by atoms with Gasteiger partial charge >= 0.3 is 0 Å². The lowest BCUT2D eigenvalue weighted by Gasteiger charge is -2.20. The summed E-state index contributed by atoms with van der Waals surface area (Å²) in [5, 5.41) is 7.51. The fraction of sp³-hybridized carbons (Fsp3) is 0.190. The van der Waals surface area contributed by atoms with E-state index >= 15 is 0 Å². The van der Waals surface area contributed by atoms with Crippen molar-refractivity contribution in [3.8, 4) is 11.3 Å². The maximum absolute atomic E-state index is 12.8. The van der Waals surface area contributed by atoms with Gasteiger partial charge in [-0.3, -0.25) is 14.6 Å². The van der Waals surface area contributed by atoms with Crippen LogP contribution in [0.15, 0.2) is 65.2 Å². The summed E-state index contributed by atoms with van der Waals surface area (Å²) in [7, 11) is 0. The van der Waals surface area contributed by atoms with Crippen molar-refractivity contribution in [1.82, 2.24) is 25.1 Å². The molecular formula is C21H17N5O3S. The van der Waals surface area contributed by atoms with Crippen molar-refractivity contribution in [2.45, 2.75) is 12.1 Å². The number of nitrogens with zero attached hydrogens (tertiary/aromatic N) is 4. The summed E-state index contributed by atoms with van der Waals surface area (Å²) >= 11 is 1.48. The van der Waals surface area contributed by atoms with Crippen LogP contribution in [0.4, 0.5) is 0 Å². The highest BCUT2D eigenvalue weighted by atomic mass is 32.1. The highest BCUT2D eigenvalue weighted by molar-refractivity contribution is 7.16. The third-order valence-corrected chi connectivity index (χ3v) is 5.85. The molecule has 2 atom stereocenters. The molecule has 0 bridgehead atoms. The number of fused-ring (bicyclic) bond motifs is 1. The number of nitrogens with one attached hydrogen (secondary N) is 1. The van der Waals surface area contributed by atoms with Gasteiger partial charge in [0.25, 0.3) is 11.5 Å². The van der Waals surface area contributed by atoms with Crippen molar-refractivity contribution in [3.63, 3.8) is 0 Å². The lowest BCUT2D eigenvalue weighted by atomic mass is 10.1. The molecule has 5 rings (SSSR count). The predicted molar refractivity (Wildman–Crippen MR) is 112 cm³/mol. The van der Waals surface area contributed by atoms with Gasteiger partial charge in [-0.15, -0.1) is 11.3 Å². The molecule has 30 heavy (non-hydrogen) atoms. The van der Waals surface area contributed by atoms with E-state index in [2.05, 4.69) is 20.4 Å². The largest absolute Gasteiger partial charge is 0.377 e. The first-order valence-corrected chi connectivity index (χ1v) is 10.3. The number of pyridine rings is 1. The van der Waals surface area contributed by atoms with Crippen molar-refractivity contribution >= 4 is 27.5 Å². The zero-order valence-corrected chi connectivity index (χ0v) is 16.6. The molecule has 0 aliphatic carbocycles. The molecule has 9 heteroatoms. The average molecular weight is 419 g/mol. The maximum atomic E-state index is 12.8. The Bertz CT molecular complexity index is 1270. The van der Waals surface area contributed by atoms with E-state index in [0.717, 1.165) is 15.8 Å². The van der Waals surface area contributed by atoms with Gasteiger partial charge in [0.05, 0.1) is 40.7 Å². The third-order valence-electron chi connectivity index (χ3n) is 5.06. The number of hydrogen-bond acceptors (Lipinski definition) is 7. The first-order valence-electron chi connectivity index (χ1n) is 9.41. The molecule has 0 spiro atoms. The topological polar surface area (TPSA) is 99.0 Å². The summed E-state index contributed by atoms with van der Waals surface area (Å²) in [5.74, 6) is -0.220. The standard InChI is InChI=1S/C21H17N5O3S/c27-20-6-5-15(14-2-1-7-22-9-14)25-26(20)18-11-29-10-17(18)24-21(28)13-3-4-16-19(8-13)30-12-23-16/h1-9,12,17-18H,10-11H2,(H,24,28). The minimum absolute atomic E-state index is 0.220. The van der Waals surface area contributed by atoms with Crippen LogP contribution >= 0.6 is 11.3 Å². The number of rotatable bonds is 4. The van der Waals surface area contributed by atoms with Gasteiger partial charge in [0, 0.05) is 29.6 Å². The molecule has 2 unspecified atom stereocenters. The first kappa shape index (κ1) is 18.6. The lowest BCUT2D eigenvalue weighted by molar-refractivity contribution is 0.0925. The molecule has 3 aromatic heterocycles. The molecule has 8 nitrogen and oxygen atoms in total. The van der Waals surface area contributed by atoms with Gasteiger partial charge in [-0.05, 0) is 36.4 Å². The van der Waals surface area contributed by atoms with Crippen LogP contribution < -0.4 is 10.9 Å². The van der Waals surface area contributed by atoms with Crippen molar-refractivity contribution in [2.24, 2.45) is 0 Å². The summed E-state index contributed by atoms with van der Waals surface area (Å²) in [6.07, 6.45) is 3.37. The van der Waals surface area contributed by atoms with Gasteiger partial charge in [0.15, 0.2) is 0 Å². The van der Waals surface area contributed by atoms with Gasteiger partial charge in [-0.2, -0.15) is 5.10 Å². The molecular weight excluding hydrogens is 402 g/mol. The van der Waals surface area contributed by atoms with Crippen LogP contribution in [-0.2, 0) is 4.74 Å². The number of carbonyl (C=O) groups is 1. The Balaban J connectivity index is 1.41. The third kappa shape index (κ3) is 3.49. The Morgan fingerprint density at radius 1 is 1.20 bits per heavy atom. The van der Waals surface area contributed by atoms with E-state index in [1.54, 1.807) is 30.0 Å². The van der Waals surface area contributed by atoms with E-state index in [9.17, 15) is 9.59 Å². The van der Waals surface area contributed by atoms with E-state index in [4.69, 9.17) is 4.74 Å². The minimum atomic E-state index is -0.398. The second-order valence-electron chi connectivity index (χ2n) is 6.96. The first-order chi connectivity index (χ1) is 14.7. The zero-order chi connectivity index (χ0) is 20.5. The molecule has 1 aliphatic heterocycles. The number of carbonyl (C=O) groups excluding carboxylic acids is 1. The van der Waals surface area contributed by atoms with Gasteiger partial charge in [-0.1, -0.05) is 0 Å². The van der Waals surface area contributed by atoms with E-state index < -0.39 is 6.04 Å². The van der Waals surface area contributed by atoms with Gasteiger partial charge in [-0.25, -0.2) is 9.67 Å². The molecule has 0 saturated carbocycles. The van der Waals surface area contributed by atoms with Crippen molar-refractivity contribution in [3.05, 3.63) is 76.3 Å². The van der Waals surface area contributed by atoms with E-state index in [0.29, 0.717) is 24.5 Å². The molecule has 1 aromatic carbocycles. The normalized spacial score (nSPS) is 18.5. The van der Waals surface area contributed by atoms with Gasteiger partial charge in [0.1, 0.15) is 6.04 Å². The summed E-state index contributed by atoms with van der Waals surface area (Å²) in [6, 6.07) is 11.5. The highest BCUT2D eigenvalue weighted by Gasteiger charge is 2.33. The maximum Gasteiger partial charge on any atom is 0.267 e. The number of thiazole rings is 1. The van der Waals surface area contributed by atoms with E-state index in [-0.39, 0.29) is 17.5 Å². The summed E-state index contributed by atoms with van der Waals surface area (Å²) < 4.78 is 7.93. The second-order valence-corrected chi connectivity index (χ2v) is 7.85. The monoisotopic (exact) mass is 419 g/mol. The van der Waals surface area contributed by atoms with Crippen LogP contribution in [0.2, 0.25) is 0 Å². The molecule has 1 fully saturated rings. The molecule has 150 valence electrons. The van der Waals surface area contributed by atoms with Crippen LogP contribution in [0.5, 0.6) is 0 Å². The lowest BCUT2D eigenvalue weighted by Crippen LogP contribution is -2.44. The average Bonchev–Trinajstić information content (AvgIpc) is 3.43. The molecule has 1 saturated heterocycles. The predicted octanol–water partition coefficient (Wildman–Crippen LogP) is 2.28. The van der Waals surface area contributed by atoms with Gasteiger partial charge < -0.3 is 10.1 Å². The fourth-order valence-electron chi connectivity index (χ4n) is 3.50. The molecule has 0 radical (unpaired) electrons. The SMILES string of the molecule is O=C(NC1COCC1n1nc(-c2cccnc2)ccc1=O)c1ccc2ncsc2c1. The smallest absolute Gasteiger partial charge is 0.267 e. The number of aromatic nitrogens is 4. The quantitative estimate of drug-likeness (QED) is 0.545. The van der Waals surface area contributed by atoms with Crippen LogP contribution in [0.3, 0.4) is 0 Å². The Hall–Kier alpha value is -3.43. The number of ether oxygens (including phenoxy) is 1. The van der Waals surface area contributed by atoms with E-state index in [1.807, 2.05) is 24.3 Å². The van der Waals surface area contributed by atoms with Crippen LogP contribution in [-0.4, -0.2) is 44.9 Å². The summed E-state index contributed by atoms with van der Waals surface area (Å²) in [5.41, 5.74) is 4.35. The minimum Gasteiger partial charge on any atom is -0.377 e. The Kier molecular flexibility index (Phi) is 4.82. The molecule has 1 N–H and O–H groups in total. The molecule has 4 heterocycles. The Labute approximate surface area is 175 Å². The van der Waals surface area contributed by atoms with Crippen molar-refractivity contribution in [1.29, 1.82) is 0 Å². The van der Waals surface area contributed by atoms with Crippen molar-refractivity contribution < 1.29 is 9.53 Å². The number of benzene rings is 1. The molecule has 1 aliphatic rings. The molecule has 1 amide bonds. The van der Waals surface area contributed by atoms with Gasteiger partial charge in [0.2, 0.25) is 0 Å². The molecule has 4 aromatic rings. The van der Waals surface area contributed by atoms with Crippen LogP contribution in [0.1, 0.15) is 16.4 Å². The zero-order valence-electron chi connectivity index (χ0n) is 15.8. The number of hydrogen-bond donors (Lipinski definition) is 1. The number of amides is 1. The Morgan fingerprint density at radius 3 is 3.00 bits per heavy atom. The fourth-order valence-corrected chi connectivity index (χ4v) is 4.22. The van der Waals surface area contributed by atoms with E-state index in [1.165, 1.54) is 22.1 Å². The van der Waals surface area contributed by atoms with Crippen LogP contribution in [0, 0.1) is 0 Å². The highest BCUT2D eigenvalue weighted by Crippen LogP contribution is 2.22. The summed E-state index contributed by atoms with van der Waals surface area (Å²) in [6.45, 7) is 0.604.